The fourth-order valence-electron chi connectivity index (χ4n) is 1.21. The molecule has 0 amide bonds. The summed E-state index contributed by atoms with van der Waals surface area (Å²) in [6.45, 7) is 4.32. The quantitative estimate of drug-likeness (QED) is 0.817. The summed E-state index contributed by atoms with van der Waals surface area (Å²) in [5.41, 5.74) is 0.854. The van der Waals surface area contributed by atoms with Gasteiger partial charge in [0.1, 0.15) is 0 Å². The van der Waals surface area contributed by atoms with E-state index in [9.17, 15) is 13.2 Å². The van der Waals surface area contributed by atoms with E-state index < -0.39 is 11.7 Å². The molecule has 1 N–H and O–H groups in total. The van der Waals surface area contributed by atoms with Gasteiger partial charge in [0.2, 0.25) is 0 Å². The molecule has 0 atom stereocenters. The standard InChI is InChI=1S/C11H12F3N/c1-8(7-15-2)9-3-5-10(6-4-9)11(12,13)14/h3-6,15H,1,7H2,2H3. The average Bonchev–Trinajstić information content (AvgIpc) is 2.17. The van der Waals surface area contributed by atoms with Gasteiger partial charge in [-0.15, -0.1) is 0 Å². The van der Waals surface area contributed by atoms with Crippen molar-refractivity contribution < 1.29 is 13.2 Å². The van der Waals surface area contributed by atoms with Crippen LogP contribution in [0.5, 0.6) is 0 Å². The first-order chi connectivity index (χ1) is 6.95. The molecule has 1 aromatic rings. The lowest BCUT2D eigenvalue weighted by Crippen LogP contribution is -2.09. The molecule has 0 aliphatic heterocycles. The van der Waals surface area contributed by atoms with Crippen LogP contribution in [-0.4, -0.2) is 13.6 Å². The highest BCUT2D eigenvalue weighted by Crippen LogP contribution is 2.29. The van der Waals surface area contributed by atoms with Crippen molar-refractivity contribution in [1.29, 1.82) is 0 Å². The number of alkyl halides is 3. The van der Waals surface area contributed by atoms with Crippen LogP contribution in [0.3, 0.4) is 0 Å². The third kappa shape index (κ3) is 3.09. The van der Waals surface area contributed by atoms with Crippen LogP contribution in [0, 0.1) is 0 Å². The monoisotopic (exact) mass is 215 g/mol. The van der Waals surface area contributed by atoms with Gasteiger partial charge in [0.05, 0.1) is 5.56 Å². The Balaban J connectivity index is 2.86. The lowest BCUT2D eigenvalue weighted by atomic mass is 10.1. The van der Waals surface area contributed by atoms with Crippen LogP contribution in [0.4, 0.5) is 13.2 Å². The molecule has 82 valence electrons. The largest absolute Gasteiger partial charge is 0.416 e. The van der Waals surface area contributed by atoms with E-state index >= 15 is 0 Å². The van der Waals surface area contributed by atoms with Crippen LogP contribution in [0.15, 0.2) is 30.8 Å². The van der Waals surface area contributed by atoms with Gasteiger partial charge in [0.25, 0.3) is 0 Å². The smallest absolute Gasteiger partial charge is 0.316 e. The first-order valence-electron chi connectivity index (χ1n) is 4.45. The predicted molar refractivity (Wildman–Crippen MR) is 54.4 cm³/mol. The molecule has 0 heterocycles. The van der Waals surface area contributed by atoms with Crippen LogP contribution < -0.4 is 5.32 Å². The van der Waals surface area contributed by atoms with Crippen LogP contribution >= 0.6 is 0 Å². The van der Waals surface area contributed by atoms with Gasteiger partial charge in [-0.05, 0) is 30.3 Å². The van der Waals surface area contributed by atoms with Gasteiger partial charge >= 0.3 is 6.18 Å². The number of benzene rings is 1. The fraction of sp³-hybridized carbons (Fsp3) is 0.273. The molecule has 0 saturated heterocycles. The van der Waals surface area contributed by atoms with Crippen LogP contribution in [-0.2, 0) is 6.18 Å². The van der Waals surface area contributed by atoms with Gasteiger partial charge in [-0.2, -0.15) is 13.2 Å². The van der Waals surface area contributed by atoms with E-state index in [1.165, 1.54) is 12.1 Å². The van der Waals surface area contributed by atoms with Crippen molar-refractivity contribution >= 4 is 5.57 Å². The lowest BCUT2D eigenvalue weighted by Gasteiger charge is -2.09. The fourth-order valence-corrected chi connectivity index (χ4v) is 1.21. The van der Waals surface area contributed by atoms with Gasteiger partial charge < -0.3 is 5.32 Å². The number of nitrogens with one attached hydrogen (secondary N) is 1. The molecule has 15 heavy (non-hydrogen) atoms. The van der Waals surface area contributed by atoms with Crippen molar-refractivity contribution in [3.8, 4) is 0 Å². The minimum absolute atomic E-state index is 0.561. The molecule has 1 nitrogen and oxygen atoms in total. The second-order valence-corrected chi connectivity index (χ2v) is 3.21. The van der Waals surface area contributed by atoms with Gasteiger partial charge in [-0.3, -0.25) is 0 Å². The molecule has 0 saturated carbocycles. The third-order valence-corrected chi connectivity index (χ3v) is 2.01. The summed E-state index contributed by atoms with van der Waals surface area (Å²) >= 11 is 0. The normalized spacial score (nSPS) is 11.5. The maximum absolute atomic E-state index is 12.2. The summed E-state index contributed by atoms with van der Waals surface area (Å²) in [6, 6.07) is 5.00. The van der Waals surface area contributed by atoms with Crippen molar-refractivity contribution in [2.75, 3.05) is 13.6 Å². The highest BCUT2D eigenvalue weighted by Gasteiger charge is 2.29. The van der Waals surface area contributed by atoms with Crippen molar-refractivity contribution in [3.63, 3.8) is 0 Å². The molecule has 4 heteroatoms. The third-order valence-electron chi connectivity index (χ3n) is 2.01. The van der Waals surface area contributed by atoms with E-state index in [4.69, 9.17) is 0 Å². The molecule has 0 fully saturated rings. The number of likely N-dealkylation sites (N-methyl/N-ethyl adjacent to an activating group) is 1. The van der Waals surface area contributed by atoms with E-state index in [0.717, 1.165) is 23.3 Å². The average molecular weight is 215 g/mol. The number of hydrogen-bond donors (Lipinski definition) is 1. The second-order valence-electron chi connectivity index (χ2n) is 3.21. The lowest BCUT2D eigenvalue weighted by molar-refractivity contribution is -0.137. The SMILES string of the molecule is C=C(CNC)c1ccc(C(F)(F)F)cc1. The van der Waals surface area contributed by atoms with Gasteiger partial charge in [0.15, 0.2) is 0 Å². The van der Waals surface area contributed by atoms with Crippen LogP contribution in [0.2, 0.25) is 0 Å². The molecular weight excluding hydrogens is 203 g/mol. The Bertz CT molecular complexity index is 338. The second kappa shape index (κ2) is 4.49. The topological polar surface area (TPSA) is 12.0 Å². The van der Waals surface area contributed by atoms with Crippen molar-refractivity contribution in [1.82, 2.24) is 5.32 Å². The zero-order chi connectivity index (χ0) is 11.5. The molecule has 0 spiro atoms. The van der Waals surface area contributed by atoms with E-state index in [2.05, 4.69) is 11.9 Å². The van der Waals surface area contributed by atoms with E-state index in [-0.39, 0.29) is 0 Å². The van der Waals surface area contributed by atoms with Crippen molar-refractivity contribution in [3.05, 3.63) is 42.0 Å². The highest BCUT2D eigenvalue weighted by atomic mass is 19.4. The van der Waals surface area contributed by atoms with Crippen LogP contribution in [0.25, 0.3) is 5.57 Å². The van der Waals surface area contributed by atoms with E-state index in [1.807, 2.05) is 0 Å². The number of rotatable bonds is 3. The Morgan fingerprint density at radius 1 is 1.27 bits per heavy atom. The molecule has 0 aromatic heterocycles. The first kappa shape index (κ1) is 11.8. The maximum atomic E-state index is 12.2. The van der Waals surface area contributed by atoms with Crippen molar-refractivity contribution in [2.24, 2.45) is 0 Å². The minimum atomic E-state index is -4.27. The van der Waals surface area contributed by atoms with Crippen molar-refractivity contribution in [2.45, 2.75) is 6.18 Å². The van der Waals surface area contributed by atoms with E-state index in [1.54, 1.807) is 7.05 Å². The molecule has 0 radical (unpaired) electrons. The first-order valence-corrected chi connectivity index (χ1v) is 4.45. The Labute approximate surface area is 86.6 Å². The Morgan fingerprint density at radius 3 is 2.20 bits per heavy atom. The highest BCUT2D eigenvalue weighted by molar-refractivity contribution is 5.64. The zero-order valence-electron chi connectivity index (χ0n) is 8.36. The minimum Gasteiger partial charge on any atom is -0.316 e. The molecule has 0 bridgehead atoms. The zero-order valence-corrected chi connectivity index (χ0v) is 8.36. The molecular formula is C11H12F3N. The van der Waals surface area contributed by atoms with Gasteiger partial charge in [0, 0.05) is 6.54 Å². The summed E-state index contributed by atoms with van der Waals surface area (Å²) in [6.07, 6.45) is -4.27. The summed E-state index contributed by atoms with van der Waals surface area (Å²) < 4.78 is 36.7. The van der Waals surface area contributed by atoms with Crippen LogP contribution in [0.1, 0.15) is 11.1 Å². The predicted octanol–water partition coefficient (Wildman–Crippen LogP) is 2.94. The summed E-state index contributed by atoms with van der Waals surface area (Å²) in [7, 11) is 1.76. The Morgan fingerprint density at radius 2 is 1.80 bits per heavy atom. The molecule has 0 aliphatic rings. The van der Waals surface area contributed by atoms with Gasteiger partial charge in [-0.25, -0.2) is 0 Å². The molecule has 0 unspecified atom stereocenters. The molecule has 0 aliphatic carbocycles. The molecule has 1 aromatic carbocycles. The van der Waals surface area contributed by atoms with Gasteiger partial charge in [-0.1, -0.05) is 18.7 Å². The van der Waals surface area contributed by atoms with E-state index in [0.29, 0.717) is 6.54 Å². The summed E-state index contributed by atoms with van der Waals surface area (Å²) in [5.74, 6) is 0. The Hall–Kier alpha value is -1.29. The molecule has 1 rings (SSSR count). The maximum Gasteiger partial charge on any atom is 0.416 e. The Kier molecular flexibility index (Phi) is 3.52. The number of hydrogen-bond acceptors (Lipinski definition) is 1. The summed E-state index contributed by atoms with van der Waals surface area (Å²) in [5, 5.41) is 2.89. The number of halogens is 3. The summed E-state index contributed by atoms with van der Waals surface area (Å²) in [4.78, 5) is 0.